The van der Waals surface area contributed by atoms with Crippen LogP contribution in [0, 0.1) is 0 Å². The van der Waals surface area contributed by atoms with Gasteiger partial charge in [0.2, 0.25) is 0 Å². The Bertz CT molecular complexity index is 967. The molecule has 3 aromatic rings. The van der Waals surface area contributed by atoms with Gasteiger partial charge >= 0.3 is 5.97 Å². The van der Waals surface area contributed by atoms with E-state index in [9.17, 15) is 4.79 Å². The average Bonchev–Trinajstić information content (AvgIpc) is 3.15. The Balaban J connectivity index is 1.43. The fourth-order valence-electron chi connectivity index (χ4n) is 4.06. The molecule has 3 aromatic carbocycles. The van der Waals surface area contributed by atoms with Gasteiger partial charge in [0.15, 0.2) is 6.79 Å². The van der Waals surface area contributed by atoms with Gasteiger partial charge in [0.25, 0.3) is 0 Å². The van der Waals surface area contributed by atoms with Gasteiger partial charge in [-0.05, 0) is 58.7 Å². The molecule has 0 amide bonds. The first-order valence-electron chi connectivity index (χ1n) is 10.0. The first-order valence-corrected chi connectivity index (χ1v) is 10.0. The molecule has 0 aliphatic heterocycles. The molecule has 1 aliphatic rings. The van der Waals surface area contributed by atoms with Crippen molar-refractivity contribution >= 4 is 16.7 Å². The van der Waals surface area contributed by atoms with E-state index in [0.717, 1.165) is 30.0 Å². The fourth-order valence-corrected chi connectivity index (χ4v) is 4.06. The van der Waals surface area contributed by atoms with E-state index in [-0.39, 0.29) is 18.9 Å². The van der Waals surface area contributed by atoms with Gasteiger partial charge in [0.1, 0.15) is 0 Å². The largest absolute Gasteiger partial charge is 0.435 e. The minimum atomic E-state index is -0.331. The number of ether oxygens (including phenoxy) is 2. The van der Waals surface area contributed by atoms with Gasteiger partial charge in [-0.3, -0.25) is 0 Å². The van der Waals surface area contributed by atoms with Gasteiger partial charge in [-0.1, -0.05) is 68.4 Å². The number of rotatable bonds is 6. The lowest BCUT2D eigenvalue weighted by Crippen LogP contribution is -2.17. The summed E-state index contributed by atoms with van der Waals surface area (Å²) in [6.45, 7) is 4.38. The third-order valence-electron chi connectivity index (χ3n) is 5.83. The maximum atomic E-state index is 12.7. The van der Waals surface area contributed by atoms with Crippen molar-refractivity contribution in [2.75, 3.05) is 6.79 Å². The van der Waals surface area contributed by atoms with Crippen molar-refractivity contribution in [2.24, 2.45) is 0 Å². The monoisotopic (exact) mass is 374 g/mol. The number of carbonyl (C=O) groups is 1. The molecule has 4 rings (SSSR count). The summed E-state index contributed by atoms with van der Waals surface area (Å²) in [6.07, 6.45) is 2.89. The Labute approximate surface area is 166 Å². The van der Waals surface area contributed by atoms with Gasteiger partial charge in [-0.25, -0.2) is 4.79 Å². The van der Waals surface area contributed by atoms with Crippen molar-refractivity contribution in [3.63, 3.8) is 0 Å². The molecule has 144 valence electrons. The lowest BCUT2D eigenvalue weighted by Gasteiger charge is -2.15. The quantitative estimate of drug-likeness (QED) is 0.413. The molecule has 0 fully saturated rings. The Morgan fingerprint density at radius 1 is 0.964 bits per heavy atom. The van der Waals surface area contributed by atoms with Gasteiger partial charge < -0.3 is 9.47 Å². The molecule has 3 heteroatoms. The van der Waals surface area contributed by atoms with Crippen molar-refractivity contribution in [3.05, 3.63) is 82.9 Å². The van der Waals surface area contributed by atoms with Crippen LogP contribution in [0.15, 0.2) is 60.7 Å². The van der Waals surface area contributed by atoms with E-state index in [1.54, 1.807) is 0 Å². The van der Waals surface area contributed by atoms with Crippen LogP contribution in [-0.4, -0.2) is 18.9 Å². The van der Waals surface area contributed by atoms with Gasteiger partial charge in [0.05, 0.1) is 11.7 Å². The van der Waals surface area contributed by atoms with Crippen LogP contribution in [0.2, 0.25) is 0 Å². The standard InChI is InChI=1S/C25H26O3/c1-3-17(2)21-10-6-12-23-22(21)11-7-13-24(23)25(26)28-16-27-20-14-18-8-4-5-9-19(18)15-20/h4-13,17,20H,3,14-16H2,1-2H3. The summed E-state index contributed by atoms with van der Waals surface area (Å²) in [5, 5.41) is 2.07. The van der Waals surface area contributed by atoms with Crippen LogP contribution in [0.5, 0.6) is 0 Å². The summed E-state index contributed by atoms with van der Waals surface area (Å²) >= 11 is 0. The van der Waals surface area contributed by atoms with Crippen LogP contribution in [0.1, 0.15) is 53.2 Å². The number of esters is 1. The molecule has 0 bridgehead atoms. The molecule has 0 N–H and O–H groups in total. The van der Waals surface area contributed by atoms with Crippen LogP contribution < -0.4 is 0 Å². The van der Waals surface area contributed by atoms with Crippen molar-refractivity contribution in [3.8, 4) is 0 Å². The lowest BCUT2D eigenvalue weighted by molar-refractivity contribution is -0.0617. The molecule has 0 saturated carbocycles. The fraction of sp³-hybridized carbons (Fsp3) is 0.320. The van der Waals surface area contributed by atoms with E-state index in [4.69, 9.17) is 9.47 Å². The van der Waals surface area contributed by atoms with Crippen molar-refractivity contribution in [1.82, 2.24) is 0 Å². The number of hydrogen-bond acceptors (Lipinski definition) is 3. The number of hydrogen-bond donors (Lipinski definition) is 0. The maximum Gasteiger partial charge on any atom is 0.340 e. The molecule has 3 nitrogen and oxygen atoms in total. The van der Waals surface area contributed by atoms with Crippen molar-refractivity contribution in [2.45, 2.75) is 45.1 Å². The molecule has 0 spiro atoms. The highest BCUT2D eigenvalue weighted by Crippen LogP contribution is 2.30. The third-order valence-corrected chi connectivity index (χ3v) is 5.83. The zero-order chi connectivity index (χ0) is 19.5. The van der Waals surface area contributed by atoms with Crippen LogP contribution in [0.4, 0.5) is 0 Å². The van der Waals surface area contributed by atoms with Gasteiger partial charge in [0, 0.05) is 0 Å². The zero-order valence-corrected chi connectivity index (χ0v) is 16.5. The molecule has 0 radical (unpaired) electrons. The predicted molar refractivity (Wildman–Crippen MR) is 112 cm³/mol. The molecule has 1 unspecified atom stereocenters. The SMILES string of the molecule is CCC(C)c1cccc2c(C(=O)OCOC3Cc4ccccc4C3)cccc12. The van der Waals surface area contributed by atoms with Crippen molar-refractivity contribution in [1.29, 1.82) is 0 Å². The number of carbonyl (C=O) groups excluding carboxylic acids is 1. The maximum absolute atomic E-state index is 12.7. The summed E-state index contributed by atoms with van der Waals surface area (Å²) in [7, 11) is 0. The molecule has 28 heavy (non-hydrogen) atoms. The minimum absolute atomic E-state index is 0.0150. The summed E-state index contributed by atoms with van der Waals surface area (Å²) < 4.78 is 11.3. The van der Waals surface area contributed by atoms with Gasteiger partial charge in [-0.2, -0.15) is 0 Å². The van der Waals surface area contributed by atoms with Crippen LogP contribution >= 0.6 is 0 Å². The molecule has 0 aromatic heterocycles. The highest BCUT2D eigenvalue weighted by atomic mass is 16.7. The normalized spacial score (nSPS) is 14.8. The number of fused-ring (bicyclic) bond motifs is 2. The second-order valence-corrected chi connectivity index (χ2v) is 7.57. The van der Waals surface area contributed by atoms with E-state index < -0.39 is 0 Å². The second-order valence-electron chi connectivity index (χ2n) is 7.57. The molecule has 1 aliphatic carbocycles. The molecule has 1 atom stereocenters. The first kappa shape index (κ1) is 18.7. The highest BCUT2D eigenvalue weighted by molar-refractivity contribution is 6.05. The summed E-state index contributed by atoms with van der Waals surface area (Å²) in [5.41, 5.74) is 4.52. The third kappa shape index (κ3) is 3.67. The Kier molecular flexibility index (Phi) is 5.45. The lowest BCUT2D eigenvalue weighted by atomic mass is 9.91. The smallest absolute Gasteiger partial charge is 0.340 e. The molecular weight excluding hydrogens is 348 g/mol. The first-order chi connectivity index (χ1) is 13.7. The van der Waals surface area contributed by atoms with E-state index >= 15 is 0 Å². The Morgan fingerprint density at radius 2 is 1.64 bits per heavy atom. The molecule has 0 saturated heterocycles. The highest BCUT2D eigenvalue weighted by Gasteiger charge is 2.22. The average molecular weight is 374 g/mol. The topological polar surface area (TPSA) is 35.5 Å². The molecule has 0 heterocycles. The van der Waals surface area contributed by atoms with E-state index in [1.165, 1.54) is 16.7 Å². The predicted octanol–water partition coefficient (Wildman–Crippen LogP) is 5.65. The summed E-state index contributed by atoms with van der Waals surface area (Å²) in [5.74, 6) is 0.115. The van der Waals surface area contributed by atoms with E-state index in [2.05, 4.69) is 50.2 Å². The van der Waals surface area contributed by atoms with E-state index in [1.807, 2.05) is 24.3 Å². The summed E-state index contributed by atoms with van der Waals surface area (Å²) in [4.78, 5) is 12.7. The minimum Gasteiger partial charge on any atom is -0.435 e. The number of benzene rings is 3. The van der Waals surface area contributed by atoms with Gasteiger partial charge in [-0.15, -0.1) is 0 Å². The van der Waals surface area contributed by atoms with Crippen LogP contribution in [-0.2, 0) is 22.3 Å². The van der Waals surface area contributed by atoms with Crippen LogP contribution in [0.3, 0.4) is 0 Å². The van der Waals surface area contributed by atoms with E-state index in [0.29, 0.717) is 11.5 Å². The Hall–Kier alpha value is -2.65. The zero-order valence-electron chi connectivity index (χ0n) is 16.5. The summed E-state index contributed by atoms with van der Waals surface area (Å²) in [6, 6.07) is 20.4. The molecular formula is C25H26O3. The van der Waals surface area contributed by atoms with Crippen LogP contribution in [0.25, 0.3) is 10.8 Å². The Morgan fingerprint density at radius 3 is 2.36 bits per heavy atom. The second kappa shape index (κ2) is 8.15. The van der Waals surface area contributed by atoms with Crippen molar-refractivity contribution < 1.29 is 14.3 Å².